The standard InChI is InChI=1S/C14H22FN3/c1-4-10(2)18(3)14-13(15)11(7-8-16-14)9-17-12-5-6-12/h7-8,10,12,17H,4-6,9H2,1-3H3. The van der Waals surface area contributed by atoms with E-state index in [-0.39, 0.29) is 5.82 Å². The summed E-state index contributed by atoms with van der Waals surface area (Å²) in [6, 6.07) is 2.64. The third-order valence-corrected chi connectivity index (χ3v) is 3.70. The summed E-state index contributed by atoms with van der Waals surface area (Å²) >= 11 is 0. The van der Waals surface area contributed by atoms with Gasteiger partial charge in [0.05, 0.1) is 0 Å². The van der Waals surface area contributed by atoms with Gasteiger partial charge in [0.2, 0.25) is 0 Å². The highest BCUT2D eigenvalue weighted by molar-refractivity contribution is 5.43. The third-order valence-electron chi connectivity index (χ3n) is 3.70. The van der Waals surface area contributed by atoms with Crippen molar-refractivity contribution in [2.45, 2.75) is 51.7 Å². The van der Waals surface area contributed by atoms with Crippen molar-refractivity contribution in [1.82, 2.24) is 10.3 Å². The van der Waals surface area contributed by atoms with Gasteiger partial charge >= 0.3 is 0 Å². The Morgan fingerprint density at radius 2 is 2.28 bits per heavy atom. The highest BCUT2D eigenvalue weighted by Crippen LogP contribution is 2.23. The van der Waals surface area contributed by atoms with Gasteiger partial charge in [-0.1, -0.05) is 6.92 Å². The molecule has 1 heterocycles. The Morgan fingerprint density at radius 1 is 1.56 bits per heavy atom. The number of rotatable bonds is 6. The summed E-state index contributed by atoms with van der Waals surface area (Å²) in [7, 11) is 1.90. The first-order valence-corrected chi connectivity index (χ1v) is 6.73. The Balaban J connectivity index is 2.12. The minimum Gasteiger partial charge on any atom is -0.355 e. The van der Waals surface area contributed by atoms with Crippen molar-refractivity contribution in [3.8, 4) is 0 Å². The second-order valence-corrected chi connectivity index (χ2v) is 5.13. The molecule has 0 amide bonds. The molecule has 1 fully saturated rings. The molecule has 3 nitrogen and oxygen atoms in total. The molecular formula is C14H22FN3. The summed E-state index contributed by atoms with van der Waals surface area (Å²) < 4.78 is 14.3. The van der Waals surface area contributed by atoms with Crippen LogP contribution in [0.15, 0.2) is 12.3 Å². The van der Waals surface area contributed by atoms with Gasteiger partial charge in [0.15, 0.2) is 11.6 Å². The molecule has 1 aliphatic carbocycles. The largest absolute Gasteiger partial charge is 0.355 e. The van der Waals surface area contributed by atoms with Crippen molar-refractivity contribution in [2.24, 2.45) is 0 Å². The lowest BCUT2D eigenvalue weighted by Gasteiger charge is -2.25. The van der Waals surface area contributed by atoms with Crippen LogP contribution in [0.2, 0.25) is 0 Å². The van der Waals surface area contributed by atoms with E-state index in [1.54, 1.807) is 12.3 Å². The van der Waals surface area contributed by atoms with E-state index >= 15 is 0 Å². The quantitative estimate of drug-likeness (QED) is 0.842. The predicted molar refractivity (Wildman–Crippen MR) is 72.2 cm³/mol. The van der Waals surface area contributed by atoms with Crippen LogP contribution < -0.4 is 10.2 Å². The molecule has 1 N–H and O–H groups in total. The molecule has 1 unspecified atom stereocenters. The van der Waals surface area contributed by atoms with Gasteiger partial charge in [0, 0.05) is 37.4 Å². The molecule has 1 aromatic heterocycles. The zero-order chi connectivity index (χ0) is 13.1. The second-order valence-electron chi connectivity index (χ2n) is 5.13. The number of nitrogens with one attached hydrogen (secondary N) is 1. The van der Waals surface area contributed by atoms with Crippen LogP contribution in [0.3, 0.4) is 0 Å². The molecule has 1 atom stereocenters. The van der Waals surface area contributed by atoms with E-state index in [9.17, 15) is 4.39 Å². The van der Waals surface area contributed by atoms with Gasteiger partial charge in [0.25, 0.3) is 0 Å². The highest BCUT2D eigenvalue weighted by atomic mass is 19.1. The van der Waals surface area contributed by atoms with E-state index in [2.05, 4.69) is 24.1 Å². The topological polar surface area (TPSA) is 28.2 Å². The average Bonchev–Trinajstić information content (AvgIpc) is 3.20. The van der Waals surface area contributed by atoms with E-state index in [0.717, 1.165) is 6.42 Å². The first kappa shape index (κ1) is 13.3. The van der Waals surface area contributed by atoms with Gasteiger partial charge < -0.3 is 10.2 Å². The Labute approximate surface area is 108 Å². The van der Waals surface area contributed by atoms with E-state index in [0.29, 0.717) is 30.0 Å². The summed E-state index contributed by atoms with van der Waals surface area (Å²) in [6.45, 7) is 4.77. The fourth-order valence-corrected chi connectivity index (χ4v) is 1.88. The monoisotopic (exact) mass is 251 g/mol. The molecule has 1 aromatic rings. The zero-order valence-corrected chi connectivity index (χ0v) is 11.4. The predicted octanol–water partition coefficient (Wildman–Crippen LogP) is 2.71. The van der Waals surface area contributed by atoms with Crippen molar-refractivity contribution in [3.63, 3.8) is 0 Å². The molecule has 18 heavy (non-hydrogen) atoms. The highest BCUT2D eigenvalue weighted by Gasteiger charge is 2.22. The number of aromatic nitrogens is 1. The lowest BCUT2D eigenvalue weighted by molar-refractivity contribution is 0.564. The van der Waals surface area contributed by atoms with E-state index in [1.165, 1.54) is 12.8 Å². The minimum atomic E-state index is -0.187. The van der Waals surface area contributed by atoms with Crippen molar-refractivity contribution in [1.29, 1.82) is 0 Å². The van der Waals surface area contributed by atoms with Crippen LogP contribution in [-0.2, 0) is 6.54 Å². The molecule has 1 aliphatic rings. The van der Waals surface area contributed by atoms with Crippen LogP contribution in [0.4, 0.5) is 10.2 Å². The lowest BCUT2D eigenvalue weighted by Crippen LogP contribution is -2.30. The van der Waals surface area contributed by atoms with Crippen molar-refractivity contribution >= 4 is 5.82 Å². The summed E-state index contributed by atoms with van der Waals surface area (Å²) in [4.78, 5) is 6.09. The van der Waals surface area contributed by atoms with Crippen LogP contribution in [-0.4, -0.2) is 24.1 Å². The minimum absolute atomic E-state index is 0.187. The number of hydrogen-bond donors (Lipinski definition) is 1. The first-order chi connectivity index (χ1) is 8.63. The molecule has 0 saturated heterocycles. The average molecular weight is 251 g/mol. The SMILES string of the molecule is CCC(C)N(C)c1nccc(CNC2CC2)c1F. The number of nitrogens with zero attached hydrogens (tertiary/aromatic N) is 2. The fraction of sp³-hybridized carbons (Fsp3) is 0.643. The summed E-state index contributed by atoms with van der Waals surface area (Å²) in [6.07, 6.45) is 5.10. The van der Waals surface area contributed by atoms with Gasteiger partial charge in [-0.05, 0) is 32.3 Å². The zero-order valence-electron chi connectivity index (χ0n) is 11.4. The molecule has 0 aromatic carbocycles. The number of anilines is 1. The molecule has 0 bridgehead atoms. The molecular weight excluding hydrogens is 229 g/mol. The maximum atomic E-state index is 14.3. The lowest BCUT2D eigenvalue weighted by atomic mass is 10.2. The van der Waals surface area contributed by atoms with E-state index in [4.69, 9.17) is 0 Å². The molecule has 0 spiro atoms. The van der Waals surface area contributed by atoms with Crippen LogP contribution in [0, 0.1) is 5.82 Å². The molecule has 4 heteroatoms. The Hall–Kier alpha value is -1.16. The summed E-state index contributed by atoms with van der Waals surface area (Å²) in [5.41, 5.74) is 0.710. The summed E-state index contributed by atoms with van der Waals surface area (Å²) in [5, 5.41) is 3.34. The van der Waals surface area contributed by atoms with Crippen LogP contribution >= 0.6 is 0 Å². The van der Waals surface area contributed by atoms with E-state index < -0.39 is 0 Å². The number of pyridine rings is 1. The van der Waals surface area contributed by atoms with Gasteiger partial charge in [0.1, 0.15) is 0 Å². The van der Waals surface area contributed by atoms with Crippen molar-refractivity contribution in [3.05, 3.63) is 23.6 Å². The van der Waals surface area contributed by atoms with Crippen LogP contribution in [0.5, 0.6) is 0 Å². The number of halogens is 1. The Kier molecular flexibility index (Phi) is 4.17. The van der Waals surface area contributed by atoms with Gasteiger partial charge in [-0.25, -0.2) is 9.37 Å². The Bertz CT molecular complexity index is 404. The molecule has 0 aliphatic heterocycles. The van der Waals surface area contributed by atoms with Crippen molar-refractivity contribution < 1.29 is 4.39 Å². The Morgan fingerprint density at radius 3 is 2.89 bits per heavy atom. The molecule has 1 saturated carbocycles. The normalized spacial score (nSPS) is 16.7. The number of hydrogen-bond acceptors (Lipinski definition) is 3. The van der Waals surface area contributed by atoms with Gasteiger partial charge in [-0.3, -0.25) is 0 Å². The van der Waals surface area contributed by atoms with Gasteiger partial charge in [-0.15, -0.1) is 0 Å². The smallest absolute Gasteiger partial charge is 0.170 e. The van der Waals surface area contributed by atoms with Crippen LogP contribution in [0.1, 0.15) is 38.7 Å². The van der Waals surface area contributed by atoms with Gasteiger partial charge in [-0.2, -0.15) is 0 Å². The fourth-order valence-electron chi connectivity index (χ4n) is 1.88. The maximum Gasteiger partial charge on any atom is 0.170 e. The second kappa shape index (κ2) is 5.65. The molecule has 2 rings (SSSR count). The third kappa shape index (κ3) is 2.99. The summed E-state index contributed by atoms with van der Waals surface area (Å²) in [5.74, 6) is 0.271. The molecule has 100 valence electrons. The van der Waals surface area contributed by atoms with Crippen molar-refractivity contribution in [2.75, 3.05) is 11.9 Å². The molecule has 0 radical (unpaired) electrons. The maximum absolute atomic E-state index is 14.3. The first-order valence-electron chi connectivity index (χ1n) is 6.73. The van der Waals surface area contributed by atoms with Crippen LogP contribution in [0.25, 0.3) is 0 Å². The van der Waals surface area contributed by atoms with E-state index in [1.807, 2.05) is 11.9 Å².